The Morgan fingerprint density at radius 3 is 2.67 bits per heavy atom. The van der Waals surface area contributed by atoms with Crippen molar-refractivity contribution in [3.8, 4) is 11.5 Å². The molecule has 1 aromatic rings. The zero-order valence-corrected chi connectivity index (χ0v) is 14.5. The van der Waals surface area contributed by atoms with Gasteiger partial charge in [-0.05, 0) is 38.5 Å². The van der Waals surface area contributed by atoms with Gasteiger partial charge in [-0.1, -0.05) is 6.07 Å². The maximum absolute atomic E-state index is 12.6. The topological polar surface area (TPSA) is 85.3 Å². The number of hydrogen-bond donors (Lipinski definition) is 1. The van der Waals surface area contributed by atoms with Gasteiger partial charge in [0.15, 0.2) is 11.5 Å². The first-order chi connectivity index (χ1) is 11.3. The van der Waals surface area contributed by atoms with Crippen LogP contribution in [-0.4, -0.2) is 46.3 Å². The van der Waals surface area contributed by atoms with Crippen molar-refractivity contribution in [3.05, 3.63) is 23.8 Å². The van der Waals surface area contributed by atoms with Crippen molar-refractivity contribution in [1.82, 2.24) is 4.90 Å². The van der Waals surface area contributed by atoms with Crippen molar-refractivity contribution < 1.29 is 28.9 Å². The molecule has 1 saturated heterocycles. The Morgan fingerprint density at radius 2 is 2.00 bits per heavy atom. The lowest BCUT2D eigenvalue weighted by Gasteiger charge is -2.30. The number of thioether (sulfide) groups is 1. The van der Waals surface area contributed by atoms with Crippen molar-refractivity contribution in [1.29, 1.82) is 0 Å². The number of nitrogens with zero attached hydrogens (tertiary/aromatic N) is 1. The third-order valence-electron chi connectivity index (χ3n) is 3.57. The molecule has 0 aromatic heterocycles. The fourth-order valence-electron chi connectivity index (χ4n) is 2.56. The summed E-state index contributed by atoms with van der Waals surface area (Å²) in [6, 6.07) is 4.42. The molecule has 24 heavy (non-hydrogen) atoms. The van der Waals surface area contributed by atoms with Crippen molar-refractivity contribution >= 4 is 23.8 Å². The van der Waals surface area contributed by atoms with Gasteiger partial charge in [0.05, 0.1) is 0 Å². The van der Waals surface area contributed by atoms with E-state index in [1.807, 2.05) is 6.07 Å². The van der Waals surface area contributed by atoms with Crippen molar-refractivity contribution in [3.63, 3.8) is 0 Å². The lowest BCUT2D eigenvalue weighted by atomic mass is 10.1. The van der Waals surface area contributed by atoms with Crippen LogP contribution in [-0.2, 0) is 9.53 Å². The SMILES string of the molecule is CC(C)(C)OC(=O)N1C(c2ccc3c(c2)OCO3)SC[C@@H]1C(=O)O. The van der Waals surface area contributed by atoms with E-state index in [0.717, 1.165) is 5.56 Å². The minimum absolute atomic E-state index is 0.157. The summed E-state index contributed by atoms with van der Waals surface area (Å²) in [4.78, 5) is 25.4. The van der Waals surface area contributed by atoms with Crippen LogP contribution in [0.15, 0.2) is 18.2 Å². The molecule has 1 fully saturated rings. The third kappa shape index (κ3) is 3.24. The molecule has 3 rings (SSSR count). The first kappa shape index (κ1) is 16.8. The maximum Gasteiger partial charge on any atom is 0.412 e. The van der Waals surface area contributed by atoms with Gasteiger partial charge in [-0.15, -0.1) is 11.8 Å². The maximum atomic E-state index is 12.6. The molecule has 1 amide bonds. The number of rotatable bonds is 2. The van der Waals surface area contributed by atoms with Gasteiger partial charge in [0.1, 0.15) is 17.0 Å². The summed E-state index contributed by atoms with van der Waals surface area (Å²) in [6.45, 7) is 5.41. The Kier molecular flexibility index (Phi) is 4.25. The molecule has 8 heteroatoms. The minimum atomic E-state index is -1.04. The van der Waals surface area contributed by atoms with Crippen LogP contribution < -0.4 is 9.47 Å². The summed E-state index contributed by atoms with van der Waals surface area (Å²) in [6.07, 6.45) is -0.637. The van der Waals surface area contributed by atoms with E-state index in [2.05, 4.69) is 0 Å². The number of benzene rings is 1. The van der Waals surface area contributed by atoms with Crippen LogP contribution in [0.3, 0.4) is 0 Å². The van der Waals surface area contributed by atoms with E-state index in [4.69, 9.17) is 14.2 Å². The van der Waals surface area contributed by atoms with Gasteiger partial charge in [0.2, 0.25) is 6.79 Å². The Labute approximate surface area is 143 Å². The molecule has 0 aliphatic carbocycles. The second-order valence-electron chi connectivity index (χ2n) is 6.54. The molecule has 2 aliphatic rings. The molecule has 0 bridgehead atoms. The first-order valence-corrected chi connectivity index (χ1v) is 8.56. The Hall–Kier alpha value is -2.09. The van der Waals surface area contributed by atoms with Gasteiger partial charge in [0.25, 0.3) is 0 Å². The molecule has 2 atom stereocenters. The molecule has 2 aliphatic heterocycles. The van der Waals surface area contributed by atoms with Crippen LogP contribution in [0.25, 0.3) is 0 Å². The van der Waals surface area contributed by atoms with Crippen LogP contribution in [0.2, 0.25) is 0 Å². The zero-order valence-electron chi connectivity index (χ0n) is 13.6. The van der Waals surface area contributed by atoms with Crippen LogP contribution in [0.1, 0.15) is 31.7 Å². The summed E-state index contributed by atoms with van der Waals surface area (Å²) in [5, 5.41) is 8.99. The van der Waals surface area contributed by atoms with E-state index in [9.17, 15) is 14.7 Å². The predicted octanol–water partition coefficient (Wildman–Crippen LogP) is 2.85. The largest absolute Gasteiger partial charge is 0.480 e. The van der Waals surface area contributed by atoms with Crippen LogP contribution in [0.5, 0.6) is 11.5 Å². The number of carbonyl (C=O) groups excluding carboxylic acids is 1. The molecule has 0 saturated carbocycles. The minimum Gasteiger partial charge on any atom is -0.480 e. The van der Waals surface area contributed by atoms with E-state index < -0.39 is 29.1 Å². The summed E-state index contributed by atoms with van der Waals surface area (Å²) < 4.78 is 16.1. The summed E-state index contributed by atoms with van der Waals surface area (Å²) in [5.41, 5.74) is 0.0752. The number of ether oxygens (including phenoxy) is 3. The first-order valence-electron chi connectivity index (χ1n) is 7.51. The van der Waals surface area contributed by atoms with E-state index in [-0.39, 0.29) is 6.79 Å². The van der Waals surface area contributed by atoms with Gasteiger partial charge in [-0.3, -0.25) is 4.90 Å². The predicted molar refractivity (Wildman–Crippen MR) is 87.3 cm³/mol. The van der Waals surface area contributed by atoms with Crippen LogP contribution in [0.4, 0.5) is 4.79 Å². The monoisotopic (exact) mass is 353 g/mol. The standard InChI is InChI=1S/C16H19NO6S/c1-16(2,3)23-15(20)17-10(14(18)19)7-24-13(17)9-4-5-11-12(6-9)22-8-21-11/h4-6,10,13H,7-8H2,1-3H3,(H,18,19)/t10-,13?/m1/s1. The quantitative estimate of drug-likeness (QED) is 0.875. The Bertz CT molecular complexity index is 671. The number of aliphatic carboxylic acids is 1. The van der Waals surface area contributed by atoms with E-state index in [0.29, 0.717) is 17.3 Å². The van der Waals surface area contributed by atoms with Gasteiger partial charge in [-0.25, -0.2) is 9.59 Å². The summed E-state index contributed by atoms with van der Waals surface area (Å²) in [5.74, 6) is 0.487. The molecule has 0 spiro atoms. The highest BCUT2D eigenvalue weighted by molar-refractivity contribution is 7.99. The number of hydrogen-bond acceptors (Lipinski definition) is 6. The molecule has 1 aromatic carbocycles. The highest BCUT2D eigenvalue weighted by Crippen LogP contribution is 2.45. The van der Waals surface area contributed by atoms with Crippen molar-refractivity contribution in [2.75, 3.05) is 12.5 Å². The molecule has 2 heterocycles. The number of fused-ring (bicyclic) bond motifs is 1. The highest BCUT2D eigenvalue weighted by atomic mass is 32.2. The summed E-state index contributed by atoms with van der Waals surface area (Å²) in [7, 11) is 0. The molecule has 1 unspecified atom stereocenters. The molecule has 1 N–H and O–H groups in total. The lowest BCUT2D eigenvalue weighted by molar-refractivity contribution is -0.142. The molecular formula is C16H19NO6S. The van der Waals surface area contributed by atoms with Crippen molar-refractivity contribution in [2.45, 2.75) is 37.8 Å². The van der Waals surface area contributed by atoms with Gasteiger partial charge < -0.3 is 19.3 Å². The second kappa shape index (κ2) is 6.08. The van der Waals surface area contributed by atoms with Crippen molar-refractivity contribution in [2.24, 2.45) is 0 Å². The molecule has 130 valence electrons. The molecule has 7 nitrogen and oxygen atoms in total. The summed E-state index contributed by atoms with van der Waals surface area (Å²) >= 11 is 1.39. The molecule has 0 radical (unpaired) electrons. The third-order valence-corrected chi connectivity index (χ3v) is 4.89. The smallest absolute Gasteiger partial charge is 0.412 e. The fraction of sp³-hybridized carbons (Fsp3) is 0.500. The number of amides is 1. The number of carboxylic acid groups (broad SMARTS) is 1. The lowest BCUT2D eigenvalue weighted by Crippen LogP contribution is -2.45. The normalized spacial score (nSPS) is 22.5. The fourth-order valence-corrected chi connectivity index (χ4v) is 3.96. The number of carbonyl (C=O) groups is 2. The highest BCUT2D eigenvalue weighted by Gasteiger charge is 2.44. The average molecular weight is 353 g/mol. The van der Waals surface area contributed by atoms with E-state index in [1.165, 1.54) is 16.7 Å². The van der Waals surface area contributed by atoms with Gasteiger partial charge in [0, 0.05) is 5.75 Å². The van der Waals surface area contributed by atoms with E-state index in [1.54, 1.807) is 32.9 Å². The van der Waals surface area contributed by atoms with E-state index >= 15 is 0 Å². The van der Waals surface area contributed by atoms with Crippen LogP contribution in [0, 0.1) is 0 Å². The Morgan fingerprint density at radius 1 is 1.29 bits per heavy atom. The Balaban J connectivity index is 1.90. The van der Waals surface area contributed by atoms with Crippen LogP contribution >= 0.6 is 11.8 Å². The van der Waals surface area contributed by atoms with Gasteiger partial charge in [-0.2, -0.15) is 0 Å². The number of carboxylic acids is 1. The van der Waals surface area contributed by atoms with Gasteiger partial charge >= 0.3 is 12.1 Å². The molecular weight excluding hydrogens is 334 g/mol. The zero-order chi connectivity index (χ0) is 17.5. The second-order valence-corrected chi connectivity index (χ2v) is 7.65. The average Bonchev–Trinajstić information content (AvgIpc) is 3.11.